The normalized spacial score (nSPS) is 16.6. The van der Waals surface area contributed by atoms with Gasteiger partial charge in [0.05, 0.1) is 12.6 Å². The van der Waals surface area contributed by atoms with Crippen LogP contribution in [0.4, 0.5) is 11.4 Å². The van der Waals surface area contributed by atoms with Gasteiger partial charge in [0.1, 0.15) is 0 Å². The largest absolute Gasteiger partial charge is 0.378 e. The Morgan fingerprint density at radius 1 is 1.21 bits per heavy atom. The highest BCUT2D eigenvalue weighted by Crippen LogP contribution is 2.17. The Hall–Kier alpha value is -2.86. The van der Waals surface area contributed by atoms with Gasteiger partial charge in [-0.05, 0) is 62.1 Å². The Bertz CT molecular complexity index is 886. The average molecular weight is 395 g/mol. The third-order valence-corrected chi connectivity index (χ3v) is 4.98. The number of nitrogens with one attached hydrogen (secondary N) is 2. The van der Waals surface area contributed by atoms with Gasteiger partial charge in [0.15, 0.2) is 0 Å². The van der Waals surface area contributed by atoms with E-state index in [0.29, 0.717) is 18.1 Å². The molecular formula is C23H30N4O2. The lowest BCUT2D eigenvalue weighted by atomic mass is 10.1. The number of rotatable bonds is 5. The second-order valence-electron chi connectivity index (χ2n) is 7.67. The Balaban J connectivity index is 1.80. The number of nitrogens with zero attached hydrogens (tertiary/aromatic N) is 2. The number of carbonyl (C=O) groups excluding carboxylic acids is 1. The Labute approximate surface area is 173 Å². The maximum atomic E-state index is 12.9. The molecule has 6 nitrogen and oxygen atoms in total. The number of carbonyl (C=O) groups is 1. The molecule has 0 aromatic heterocycles. The van der Waals surface area contributed by atoms with Crippen LogP contribution in [-0.4, -0.2) is 45.2 Å². The van der Waals surface area contributed by atoms with Crippen LogP contribution in [0.1, 0.15) is 34.3 Å². The van der Waals surface area contributed by atoms with Gasteiger partial charge < -0.3 is 15.0 Å². The molecule has 2 N–H and O–H groups in total. The summed E-state index contributed by atoms with van der Waals surface area (Å²) in [6.45, 7) is 5.37. The van der Waals surface area contributed by atoms with E-state index in [4.69, 9.17) is 4.74 Å². The van der Waals surface area contributed by atoms with Crippen LogP contribution in [0.25, 0.3) is 0 Å². The van der Waals surface area contributed by atoms with E-state index in [-0.39, 0.29) is 12.0 Å². The molecule has 1 fully saturated rings. The molecule has 1 atom stereocenters. The topological polar surface area (TPSA) is 66.0 Å². The lowest BCUT2D eigenvalue weighted by molar-refractivity contribution is 0.0975. The fraction of sp³-hybridized carbons (Fsp3) is 0.391. The fourth-order valence-corrected chi connectivity index (χ4v) is 3.19. The molecule has 3 rings (SSSR count). The molecule has 0 aliphatic carbocycles. The zero-order chi connectivity index (χ0) is 20.8. The molecule has 1 saturated heterocycles. The number of hydrogen-bond donors (Lipinski definition) is 2. The van der Waals surface area contributed by atoms with E-state index < -0.39 is 0 Å². The maximum absolute atomic E-state index is 12.9. The van der Waals surface area contributed by atoms with Gasteiger partial charge >= 0.3 is 0 Å². The second-order valence-corrected chi connectivity index (χ2v) is 7.67. The molecule has 0 saturated carbocycles. The van der Waals surface area contributed by atoms with Crippen molar-refractivity contribution < 1.29 is 9.53 Å². The van der Waals surface area contributed by atoms with Gasteiger partial charge in [0.2, 0.25) is 5.96 Å². The molecule has 154 valence electrons. The van der Waals surface area contributed by atoms with E-state index in [2.05, 4.69) is 33.8 Å². The minimum atomic E-state index is -0.197. The van der Waals surface area contributed by atoms with Gasteiger partial charge in [-0.25, -0.2) is 4.99 Å². The van der Waals surface area contributed by atoms with Gasteiger partial charge in [-0.15, -0.1) is 0 Å². The lowest BCUT2D eigenvalue weighted by Gasteiger charge is -2.16. The fourth-order valence-electron chi connectivity index (χ4n) is 3.19. The summed E-state index contributed by atoms with van der Waals surface area (Å²) in [5.41, 5.74) is 4.71. The molecule has 1 aliphatic rings. The molecule has 1 aliphatic heterocycles. The van der Waals surface area contributed by atoms with E-state index in [9.17, 15) is 4.79 Å². The Morgan fingerprint density at radius 2 is 2.03 bits per heavy atom. The number of benzene rings is 2. The first-order chi connectivity index (χ1) is 13.9. The van der Waals surface area contributed by atoms with Crippen molar-refractivity contribution in [3.8, 4) is 0 Å². The number of ether oxygens (including phenoxy) is 1. The smallest absolute Gasteiger partial charge is 0.258 e. The van der Waals surface area contributed by atoms with Crippen LogP contribution in [-0.2, 0) is 4.74 Å². The van der Waals surface area contributed by atoms with Crippen molar-refractivity contribution in [1.29, 1.82) is 0 Å². The summed E-state index contributed by atoms with van der Waals surface area (Å²) in [5.74, 6) is 0.243. The molecule has 2 aromatic carbocycles. The molecule has 0 radical (unpaired) electrons. The SMILES string of the molecule is Cc1ccc(C)c(NC(=NC[C@H]2CCCO2)NC(=O)c2cccc(N(C)C)c2)c1. The summed E-state index contributed by atoms with van der Waals surface area (Å²) in [4.78, 5) is 19.5. The predicted octanol–water partition coefficient (Wildman–Crippen LogP) is 3.75. The van der Waals surface area contributed by atoms with Gasteiger partial charge in [0.25, 0.3) is 5.91 Å². The molecule has 6 heteroatoms. The zero-order valence-corrected chi connectivity index (χ0v) is 17.7. The molecule has 0 spiro atoms. The number of guanidine groups is 1. The van der Waals surface area contributed by atoms with Crippen molar-refractivity contribution in [3.63, 3.8) is 0 Å². The first-order valence-electron chi connectivity index (χ1n) is 10.0. The van der Waals surface area contributed by atoms with Crippen molar-refractivity contribution >= 4 is 23.2 Å². The van der Waals surface area contributed by atoms with Crippen molar-refractivity contribution in [2.75, 3.05) is 37.5 Å². The van der Waals surface area contributed by atoms with Gasteiger partial charge in [-0.3, -0.25) is 10.1 Å². The van der Waals surface area contributed by atoms with Crippen LogP contribution in [0.3, 0.4) is 0 Å². The number of aryl methyl sites for hydroxylation is 2. The van der Waals surface area contributed by atoms with Crippen molar-refractivity contribution in [2.24, 2.45) is 4.99 Å². The van der Waals surface area contributed by atoms with E-state index >= 15 is 0 Å². The van der Waals surface area contributed by atoms with Crippen LogP contribution < -0.4 is 15.5 Å². The number of hydrogen-bond acceptors (Lipinski definition) is 4. The van der Waals surface area contributed by atoms with Gasteiger partial charge in [-0.1, -0.05) is 18.2 Å². The summed E-state index contributed by atoms with van der Waals surface area (Å²) in [6, 6.07) is 13.7. The third kappa shape index (κ3) is 5.81. The van der Waals surface area contributed by atoms with Crippen molar-refractivity contribution in [2.45, 2.75) is 32.8 Å². The van der Waals surface area contributed by atoms with E-state index in [0.717, 1.165) is 42.0 Å². The van der Waals surface area contributed by atoms with E-state index in [1.54, 1.807) is 6.07 Å². The Kier molecular flexibility index (Phi) is 6.88. The first-order valence-corrected chi connectivity index (χ1v) is 10.0. The highest BCUT2D eigenvalue weighted by molar-refractivity contribution is 6.10. The predicted molar refractivity (Wildman–Crippen MR) is 119 cm³/mol. The summed E-state index contributed by atoms with van der Waals surface area (Å²) in [7, 11) is 3.90. The average Bonchev–Trinajstić information content (AvgIpc) is 3.22. The third-order valence-electron chi connectivity index (χ3n) is 4.98. The summed E-state index contributed by atoms with van der Waals surface area (Å²) in [6.07, 6.45) is 2.17. The molecule has 1 amide bonds. The van der Waals surface area contributed by atoms with E-state index in [1.807, 2.05) is 51.0 Å². The molecule has 0 unspecified atom stereocenters. The summed E-state index contributed by atoms with van der Waals surface area (Å²) in [5, 5.41) is 6.25. The molecule has 2 aromatic rings. The van der Waals surface area contributed by atoms with Crippen LogP contribution in [0.5, 0.6) is 0 Å². The van der Waals surface area contributed by atoms with Crippen molar-refractivity contribution in [3.05, 3.63) is 59.2 Å². The monoisotopic (exact) mass is 394 g/mol. The number of anilines is 2. The number of aliphatic imine (C=N–C) groups is 1. The highest BCUT2D eigenvalue weighted by atomic mass is 16.5. The zero-order valence-electron chi connectivity index (χ0n) is 17.7. The standard InChI is InChI=1S/C23H30N4O2/c1-16-10-11-17(2)21(13-16)25-23(24-15-20-9-6-12-29-20)26-22(28)18-7-5-8-19(14-18)27(3)4/h5,7-8,10-11,13-14,20H,6,9,12,15H2,1-4H3,(H2,24,25,26,28)/t20-/m1/s1. The first kappa shape index (κ1) is 20.9. The molecule has 0 bridgehead atoms. The van der Waals surface area contributed by atoms with Gasteiger partial charge in [0, 0.05) is 37.6 Å². The van der Waals surface area contributed by atoms with Crippen LogP contribution in [0.2, 0.25) is 0 Å². The van der Waals surface area contributed by atoms with Crippen molar-refractivity contribution in [1.82, 2.24) is 5.32 Å². The highest BCUT2D eigenvalue weighted by Gasteiger charge is 2.16. The summed E-state index contributed by atoms with van der Waals surface area (Å²) >= 11 is 0. The van der Waals surface area contributed by atoms with Crippen LogP contribution >= 0.6 is 0 Å². The summed E-state index contributed by atoms with van der Waals surface area (Å²) < 4.78 is 5.68. The van der Waals surface area contributed by atoms with Crippen LogP contribution in [0.15, 0.2) is 47.5 Å². The molecule has 1 heterocycles. The number of amides is 1. The quantitative estimate of drug-likeness (QED) is 0.599. The van der Waals surface area contributed by atoms with Gasteiger partial charge in [-0.2, -0.15) is 0 Å². The Morgan fingerprint density at radius 3 is 2.76 bits per heavy atom. The minimum absolute atomic E-state index is 0.111. The molecular weight excluding hydrogens is 364 g/mol. The minimum Gasteiger partial charge on any atom is -0.378 e. The molecule has 29 heavy (non-hydrogen) atoms. The van der Waals surface area contributed by atoms with E-state index in [1.165, 1.54) is 0 Å². The maximum Gasteiger partial charge on any atom is 0.258 e. The second kappa shape index (κ2) is 9.56. The van der Waals surface area contributed by atoms with Crippen LogP contribution in [0, 0.1) is 13.8 Å². The lowest BCUT2D eigenvalue weighted by Crippen LogP contribution is -2.37.